The van der Waals surface area contributed by atoms with Gasteiger partial charge in [0.25, 0.3) is 0 Å². The number of rotatable bonds is 2. The molecule has 1 aliphatic heterocycles. The van der Waals surface area contributed by atoms with E-state index in [0.29, 0.717) is 12.3 Å². The van der Waals surface area contributed by atoms with Crippen LogP contribution in [0.1, 0.15) is 35.6 Å². The van der Waals surface area contributed by atoms with E-state index in [1.165, 1.54) is 4.88 Å². The molecule has 0 aromatic carbocycles. The van der Waals surface area contributed by atoms with Crippen LogP contribution in [-0.4, -0.2) is 16.9 Å². The first kappa shape index (κ1) is 9.65. The van der Waals surface area contributed by atoms with Gasteiger partial charge in [-0.2, -0.15) is 0 Å². The van der Waals surface area contributed by atoms with Crippen LogP contribution in [0.4, 0.5) is 0 Å². The molecule has 0 saturated carbocycles. The minimum absolute atomic E-state index is 0.162. The quantitative estimate of drug-likeness (QED) is 0.809. The maximum atomic E-state index is 11.3. The Kier molecular flexibility index (Phi) is 2.54. The molecule has 1 amide bonds. The molecule has 0 bridgehead atoms. The van der Waals surface area contributed by atoms with E-state index < -0.39 is 0 Å². The van der Waals surface area contributed by atoms with E-state index >= 15 is 0 Å². The Balaban J connectivity index is 2.21. The Morgan fingerprint density at radius 2 is 2.50 bits per heavy atom. The lowest BCUT2D eigenvalue weighted by atomic mass is 10.00. The van der Waals surface area contributed by atoms with Crippen molar-refractivity contribution in [2.75, 3.05) is 0 Å². The first-order chi connectivity index (χ1) is 6.70. The van der Waals surface area contributed by atoms with Crippen LogP contribution in [0, 0.1) is 6.92 Å². The van der Waals surface area contributed by atoms with Gasteiger partial charge in [0.1, 0.15) is 0 Å². The van der Waals surface area contributed by atoms with Crippen LogP contribution in [0.5, 0.6) is 0 Å². The smallest absolute Gasteiger partial charge is 0.221 e. The average molecular weight is 210 g/mol. The third kappa shape index (κ3) is 1.66. The van der Waals surface area contributed by atoms with Crippen LogP contribution in [0.2, 0.25) is 0 Å². The number of hydrogen-bond donors (Lipinski definition) is 1. The Morgan fingerprint density at radius 3 is 3.07 bits per heavy atom. The highest BCUT2D eigenvalue weighted by atomic mass is 32.1. The van der Waals surface area contributed by atoms with E-state index in [-0.39, 0.29) is 11.9 Å². The third-order valence-electron chi connectivity index (χ3n) is 2.63. The largest absolute Gasteiger partial charge is 0.353 e. The molecular weight excluding hydrogens is 196 g/mol. The van der Waals surface area contributed by atoms with Gasteiger partial charge in [-0.1, -0.05) is 6.92 Å². The van der Waals surface area contributed by atoms with Gasteiger partial charge in [0, 0.05) is 29.5 Å². The third-order valence-corrected chi connectivity index (χ3v) is 3.68. The minimum Gasteiger partial charge on any atom is -0.353 e. The molecule has 76 valence electrons. The zero-order valence-electron chi connectivity index (χ0n) is 8.41. The van der Waals surface area contributed by atoms with Gasteiger partial charge in [-0.3, -0.25) is 4.79 Å². The van der Waals surface area contributed by atoms with Crippen molar-refractivity contribution < 1.29 is 4.79 Å². The highest BCUT2D eigenvalue weighted by Gasteiger charge is 2.33. The Labute approximate surface area is 87.6 Å². The molecule has 2 unspecified atom stereocenters. The van der Waals surface area contributed by atoms with Crippen LogP contribution in [0.3, 0.4) is 0 Å². The van der Waals surface area contributed by atoms with Crippen LogP contribution in [-0.2, 0) is 4.79 Å². The number of aryl methyl sites for hydroxylation is 1. The molecule has 1 aromatic heterocycles. The average Bonchev–Trinajstić information content (AvgIpc) is 2.71. The van der Waals surface area contributed by atoms with Crippen molar-refractivity contribution >= 4 is 17.2 Å². The van der Waals surface area contributed by atoms with Gasteiger partial charge in [0.2, 0.25) is 5.91 Å². The summed E-state index contributed by atoms with van der Waals surface area (Å²) in [5.74, 6) is 0.459. The maximum Gasteiger partial charge on any atom is 0.221 e. The predicted octanol–water partition coefficient (Wildman–Crippen LogP) is 1.83. The van der Waals surface area contributed by atoms with E-state index in [2.05, 4.69) is 17.2 Å². The van der Waals surface area contributed by atoms with Crippen molar-refractivity contribution in [1.82, 2.24) is 10.3 Å². The molecule has 1 aromatic rings. The lowest BCUT2D eigenvalue weighted by Crippen LogP contribution is -2.27. The molecule has 14 heavy (non-hydrogen) atoms. The Hall–Kier alpha value is -0.900. The molecule has 0 aliphatic carbocycles. The SMILES string of the molecule is CCC1NC(=O)CC1c1ncc(C)s1. The van der Waals surface area contributed by atoms with Crippen LogP contribution < -0.4 is 5.32 Å². The molecule has 1 fully saturated rings. The molecule has 1 aliphatic rings. The maximum absolute atomic E-state index is 11.3. The lowest BCUT2D eigenvalue weighted by molar-refractivity contribution is -0.119. The summed E-state index contributed by atoms with van der Waals surface area (Å²) in [6.45, 7) is 4.15. The number of hydrogen-bond acceptors (Lipinski definition) is 3. The number of nitrogens with zero attached hydrogens (tertiary/aromatic N) is 1. The summed E-state index contributed by atoms with van der Waals surface area (Å²) in [6.07, 6.45) is 3.47. The number of nitrogens with one attached hydrogen (secondary N) is 1. The van der Waals surface area contributed by atoms with Gasteiger partial charge in [0.15, 0.2) is 0 Å². The van der Waals surface area contributed by atoms with Crippen LogP contribution >= 0.6 is 11.3 Å². The van der Waals surface area contributed by atoms with E-state index in [0.717, 1.165) is 11.4 Å². The summed E-state index contributed by atoms with van der Waals surface area (Å²) in [5.41, 5.74) is 0. The summed E-state index contributed by atoms with van der Waals surface area (Å²) >= 11 is 1.70. The molecule has 0 radical (unpaired) electrons. The molecule has 3 nitrogen and oxygen atoms in total. The molecule has 4 heteroatoms. The van der Waals surface area contributed by atoms with E-state index in [1.54, 1.807) is 11.3 Å². The topological polar surface area (TPSA) is 42.0 Å². The number of aromatic nitrogens is 1. The monoisotopic (exact) mass is 210 g/mol. The van der Waals surface area contributed by atoms with Crippen molar-refractivity contribution in [2.45, 2.75) is 38.6 Å². The zero-order chi connectivity index (χ0) is 10.1. The molecular formula is C10H14N2OS. The van der Waals surface area contributed by atoms with Crippen molar-refractivity contribution in [1.29, 1.82) is 0 Å². The molecule has 2 rings (SSSR count). The number of thiazole rings is 1. The van der Waals surface area contributed by atoms with Gasteiger partial charge < -0.3 is 5.32 Å². The first-order valence-corrected chi connectivity index (χ1v) is 5.74. The van der Waals surface area contributed by atoms with Crippen LogP contribution in [0.25, 0.3) is 0 Å². The minimum atomic E-state index is 0.162. The van der Waals surface area contributed by atoms with Gasteiger partial charge >= 0.3 is 0 Å². The molecule has 1 N–H and O–H groups in total. The standard InChI is InChI=1S/C10H14N2OS/c1-3-8-7(4-9(13)12-8)10-11-5-6(2)14-10/h5,7-8H,3-4H2,1-2H3,(H,12,13). The summed E-state index contributed by atoms with van der Waals surface area (Å²) < 4.78 is 0. The summed E-state index contributed by atoms with van der Waals surface area (Å²) in [6, 6.07) is 0.285. The summed E-state index contributed by atoms with van der Waals surface area (Å²) in [5, 5.41) is 4.09. The fourth-order valence-corrected chi connectivity index (χ4v) is 2.84. The highest BCUT2D eigenvalue weighted by Crippen LogP contribution is 2.32. The fraction of sp³-hybridized carbons (Fsp3) is 0.600. The number of amides is 1. The van der Waals surface area contributed by atoms with Crippen molar-refractivity contribution in [3.8, 4) is 0 Å². The van der Waals surface area contributed by atoms with Crippen LogP contribution in [0.15, 0.2) is 6.20 Å². The van der Waals surface area contributed by atoms with Crippen molar-refractivity contribution in [3.05, 3.63) is 16.1 Å². The van der Waals surface area contributed by atoms with Crippen molar-refractivity contribution in [2.24, 2.45) is 0 Å². The second-order valence-corrected chi connectivity index (χ2v) is 4.97. The molecule has 2 heterocycles. The molecule has 2 atom stereocenters. The Bertz CT molecular complexity index is 348. The summed E-state index contributed by atoms with van der Waals surface area (Å²) in [7, 11) is 0. The predicted molar refractivity (Wildman–Crippen MR) is 56.4 cm³/mol. The van der Waals surface area contributed by atoms with Gasteiger partial charge in [-0.15, -0.1) is 11.3 Å². The second-order valence-electron chi connectivity index (χ2n) is 3.70. The normalized spacial score (nSPS) is 26.6. The zero-order valence-corrected chi connectivity index (χ0v) is 9.23. The van der Waals surface area contributed by atoms with E-state index in [1.807, 2.05) is 13.1 Å². The van der Waals surface area contributed by atoms with Gasteiger partial charge in [0.05, 0.1) is 5.01 Å². The van der Waals surface area contributed by atoms with E-state index in [9.17, 15) is 4.79 Å². The summed E-state index contributed by atoms with van der Waals surface area (Å²) in [4.78, 5) is 16.8. The van der Waals surface area contributed by atoms with Gasteiger partial charge in [-0.05, 0) is 13.3 Å². The fourth-order valence-electron chi connectivity index (χ4n) is 1.90. The van der Waals surface area contributed by atoms with Gasteiger partial charge in [-0.25, -0.2) is 4.98 Å². The van der Waals surface area contributed by atoms with E-state index in [4.69, 9.17) is 0 Å². The number of carbonyl (C=O) groups is 1. The lowest BCUT2D eigenvalue weighted by Gasteiger charge is -2.13. The second kappa shape index (κ2) is 3.69. The first-order valence-electron chi connectivity index (χ1n) is 4.92. The van der Waals surface area contributed by atoms with Crippen molar-refractivity contribution in [3.63, 3.8) is 0 Å². The molecule has 1 saturated heterocycles. The molecule has 0 spiro atoms. The number of carbonyl (C=O) groups excluding carboxylic acids is 1. The highest BCUT2D eigenvalue weighted by molar-refractivity contribution is 7.11. The Morgan fingerprint density at radius 1 is 1.71 bits per heavy atom.